The third-order valence-corrected chi connectivity index (χ3v) is 3.91. The molecule has 0 radical (unpaired) electrons. The minimum Gasteiger partial charge on any atom is -0.467 e. The molecule has 0 bridgehead atoms. The molecule has 3 aromatic rings. The lowest BCUT2D eigenvalue weighted by atomic mass is 10.4. The summed E-state index contributed by atoms with van der Waals surface area (Å²) in [6, 6.07) is 9.36. The SMILES string of the molecule is OC(COCc1ccco1)CSc1nnc2ccccn12. The van der Waals surface area contributed by atoms with E-state index in [9.17, 15) is 5.11 Å². The summed E-state index contributed by atoms with van der Waals surface area (Å²) < 4.78 is 12.4. The molecule has 0 amide bonds. The van der Waals surface area contributed by atoms with E-state index in [0.29, 0.717) is 12.4 Å². The van der Waals surface area contributed by atoms with Crippen LogP contribution in [-0.2, 0) is 11.3 Å². The quantitative estimate of drug-likeness (QED) is 0.673. The van der Waals surface area contributed by atoms with Crippen LogP contribution < -0.4 is 0 Å². The van der Waals surface area contributed by atoms with Gasteiger partial charge in [0.2, 0.25) is 0 Å². The van der Waals surface area contributed by atoms with Crippen LogP contribution in [0.3, 0.4) is 0 Å². The Labute approximate surface area is 125 Å². The Kier molecular flexibility index (Phi) is 4.54. The van der Waals surface area contributed by atoms with Crippen molar-refractivity contribution >= 4 is 17.4 Å². The summed E-state index contributed by atoms with van der Waals surface area (Å²) in [5.74, 6) is 1.24. The summed E-state index contributed by atoms with van der Waals surface area (Å²) in [7, 11) is 0. The Morgan fingerprint density at radius 2 is 2.24 bits per heavy atom. The molecular formula is C14H15N3O3S. The number of fused-ring (bicyclic) bond motifs is 1. The second-order valence-corrected chi connectivity index (χ2v) is 5.46. The van der Waals surface area contributed by atoms with Gasteiger partial charge in [0.15, 0.2) is 10.8 Å². The molecule has 3 rings (SSSR count). The van der Waals surface area contributed by atoms with Crippen molar-refractivity contribution in [3.8, 4) is 0 Å². The first kappa shape index (κ1) is 14.1. The number of thioether (sulfide) groups is 1. The molecule has 1 atom stereocenters. The van der Waals surface area contributed by atoms with Crippen molar-refractivity contribution in [1.82, 2.24) is 14.6 Å². The summed E-state index contributed by atoms with van der Waals surface area (Å²) in [4.78, 5) is 0. The van der Waals surface area contributed by atoms with Gasteiger partial charge in [-0.15, -0.1) is 10.2 Å². The first-order valence-corrected chi connectivity index (χ1v) is 7.52. The van der Waals surface area contributed by atoms with Gasteiger partial charge in [0, 0.05) is 11.9 Å². The van der Waals surface area contributed by atoms with E-state index in [1.165, 1.54) is 11.8 Å². The van der Waals surface area contributed by atoms with E-state index in [2.05, 4.69) is 10.2 Å². The van der Waals surface area contributed by atoms with Crippen LogP contribution in [-0.4, -0.2) is 38.2 Å². The second-order valence-electron chi connectivity index (χ2n) is 4.47. The molecule has 7 heteroatoms. The van der Waals surface area contributed by atoms with Gasteiger partial charge in [-0.1, -0.05) is 17.8 Å². The largest absolute Gasteiger partial charge is 0.467 e. The molecule has 1 unspecified atom stereocenters. The average Bonchev–Trinajstić information content (AvgIpc) is 3.14. The van der Waals surface area contributed by atoms with Gasteiger partial charge < -0.3 is 14.3 Å². The molecule has 0 aliphatic rings. The number of nitrogens with zero attached hydrogens (tertiary/aromatic N) is 3. The van der Waals surface area contributed by atoms with Gasteiger partial charge in [-0.2, -0.15) is 0 Å². The molecule has 0 aliphatic carbocycles. The highest BCUT2D eigenvalue weighted by molar-refractivity contribution is 7.99. The van der Waals surface area contributed by atoms with Crippen LogP contribution in [0.25, 0.3) is 5.65 Å². The summed E-state index contributed by atoms with van der Waals surface area (Å²) in [5.41, 5.74) is 0.795. The minimum absolute atomic E-state index is 0.254. The highest BCUT2D eigenvalue weighted by Gasteiger charge is 2.10. The molecule has 1 N–H and O–H groups in total. The Hall–Kier alpha value is -1.83. The van der Waals surface area contributed by atoms with Crippen molar-refractivity contribution in [3.63, 3.8) is 0 Å². The molecule has 0 fully saturated rings. The fourth-order valence-corrected chi connectivity index (χ4v) is 2.66. The fourth-order valence-electron chi connectivity index (χ4n) is 1.83. The normalized spacial score (nSPS) is 12.8. The van der Waals surface area contributed by atoms with Crippen LogP contribution in [0.1, 0.15) is 5.76 Å². The zero-order chi connectivity index (χ0) is 14.5. The lowest BCUT2D eigenvalue weighted by Crippen LogP contribution is -2.18. The maximum atomic E-state index is 9.91. The van der Waals surface area contributed by atoms with Gasteiger partial charge in [0.25, 0.3) is 0 Å². The van der Waals surface area contributed by atoms with Crippen molar-refractivity contribution in [1.29, 1.82) is 0 Å². The molecule has 0 saturated heterocycles. The van der Waals surface area contributed by atoms with Gasteiger partial charge in [-0.05, 0) is 24.3 Å². The number of ether oxygens (including phenoxy) is 1. The number of aliphatic hydroxyl groups excluding tert-OH is 1. The third-order valence-electron chi connectivity index (χ3n) is 2.82. The Morgan fingerprint density at radius 3 is 3.10 bits per heavy atom. The first-order chi connectivity index (χ1) is 10.3. The molecule has 0 saturated carbocycles. The predicted molar refractivity (Wildman–Crippen MR) is 78.1 cm³/mol. The van der Waals surface area contributed by atoms with Gasteiger partial charge in [0.1, 0.15) is 12.4 Å². The summed E-state index contributed by atoms with van der Waals surface area (Å²) in [6.07, 6.45) is 2.93. The summed E-state index contributed by atoms with van der Waals surface area (Å²) in [5, 5.41) is 18.8. The molecule has 21 heavy (non-hydrogen) atoms. The monoisotopic (exact) mass is 305 g/mol. The van der Waals surface area contributed by atoms with E-state index >= 15 is 0 Å². The number of hydrogen-bond acceptors (Lipinski definition) is 6. The predicted octanol–water partition coefficient (Wildman–Crippen LogP) is 1.99. The van der Waals surface area contributed by atoms with E-state index < -0.39 is 6.10 Å². The third kappa shape index (κ3) is 3.63. The molecule has 0 spiro atoms. The first-order valence-electron chi connectivity index (χ1n) is 6.53. The smallest absolute Gasteiger partial charge is 0.195 e. The Bertz CT molecular complexity index is 684. The van der Waals surface area contributed by atoms with Crippen molar-refractivity contribution in [2.45, 2.75) is 17.9 Å². The number of hydrogen-bond donors (Lipinski definition) is 1. The van der Waals surface area contributed by atoms with Crippen LogP contribution in [0.4, 0.5) is 0 Å². The number of aromatic nitrogens is 3. The number of furan rings is 1. The minimum atomic E-state index is -0.568. The zero-order valence-electron chi connectivity index (χ0n) is 11.3. The van der Waals surface area contributed by atoms with Gasteiger partial charge in [-0.3, -0.25) is 4.40 Å². The molecule has 3 heterocycles. The van der Waals surface area contributed by atoms with Crippen LogP contribution in [0.5, 0.6) is 0 Å². The molecular weight excluding hydrogens is 290 g/mol. The van der Waals surface area contributed by atoms with Crippen molar-refractivity contribution in [2.75, 3.05) is 12.4 Å². The lowest BCUT2D eigenvalue weighted by molar-refractivity contribution is 0.0328. The highest BCUT2D eigenvalue weighted by Crippen LogP contribution is 2.17. The Balaban J connectivity index is 1.46. The van der Waals surface area contributed by atoms with Crippen LogP contribution in [0.15, 0.2) is 52.4 Å². The maximum Gasteiger partial charge on any atom is 0.195 e. The molecule has 0 aromatic carbocycles. The Morgan fingerprint density at radius 1 is 1.29 bits per heavy atom. The van der Waals surface area contributed by atoms with Crippen LogP contribution >= 0.6 is 11.8 Å². The topological polar surface area (TPSA) is 72.8 Å². The fraction of sp³-hybridized carbons (Fsp3) is 0.286. The van der Waals surface area contributed by atoms with E-state index in [-0.39, 0.29) is 6.61 Å². The van der Waals surface area contributed by atoms with E-state index in [0.717, 1.165) is 16.6 Å². The average molecular weight is 305 g/mol. The second kappa shape index (κ2) is 6.75. The van der Waals surface area contributed by atoms with Crippen molar-refractivity contribution in [3.05, 3.63) is 48.6 Å². The van der Waals surface area contributed by atoms with E-state index in [1.807, 2.05) is 34.9 Å². The standard InChI is InChI=1S/C14H15N3O3S/c18-11(8-19-9-12-4-3-7-20-12)10-21-14-16-15-13-5-1-2-6-17(13)14/h1-7,11,18H,8-10H2. The maximum absolute atomic E-state index is 9.91. The summed E-state index contributed by atoms with van der Waals surface area (Å²) >= 11 is 1.45. The highest BCUT2D eigenvalue weighted by atomic mass is 32.2. The van der Waals surface area contributed by atoms with Crippen LogP contribution in [0.2, 0.25) is 0 Å². The van der Waals surface area contributed by atoms with Crippen molar-refractivity contribution in [2.24, 2.45) is 0 Å². The molecule has 0 aliphatic heterocycles. The van der Waals surface area contributed by atoms with E-state index in [4.69, 9.17) is 9.15 Å². The number of rotatable bonds is 7. The van der Waals surface area contributed by atoms with Gasteiger partial charge in [-0.25, -0.2) is 0 Å². The van der Waals surface area contributed by atoms with Gasteiger partial charge >= 0.3 is 0 Å². The van der Waals surface area contributed by atoms with Gasteiger partial charge in [0.05, 0.1) is 19.0 Å². The lowest BCUT2D eigenvalue weighted by Gasteiger charge is -2.09. The van der Waals surface area contributed by atoms with Crippen LogP contribution in [0, 0.1) is 0 Å². The zero-order valence-corrected chi connectivity index (χ0v) is 12.1. The molecule has 110 valence electrons. The summed E-state index contributed by atoms with van der Waals surface area (Å²) in [6.45, 7) is 0.618. The number of aliphatic hydroxyl groups is 1. The molecule has 3 aromatic heterocycles. The number of pyridine rings is 1. The molecule has 6 nitrogen and oxygen atoms in total. The van der Waals surface area contributed by atoms with Crippen molar-refractivity contribution < 1.29 is 14.3 Å². The van der Waals surface area contributed by atoms with E-state index in [1.54, 1.807) is 12.3 Å².